The van der Waals surface area contributed by atoms with E-state index in [-0.39, 0.29) is 18.8 Å². The molecule has 164 valence electrons. The molecule has 0 unspecified atom stereocenters. The van der Waals surface area contributed by atoms with Crippen LogP contribution in [0.25, 0.3) is 16.9 Å². The normalized spacial score (nSPS) is 11.3. The van der Waals surface area contributed by atoms with E-state index in [2.05, 4.69) is 15.4 Å². The van der Waals surface area contributed by atoms with Gasteiger partial charge in [-0.25, -0.2) is 14.6 Å². The van der Waals surface area contributed by atoms with Gasteiger partial charge in [0.2, 0.25) is 5.88 Å². The molecule has 0 atom stereocenters. The number of alkyl carbamates (subject to hydrolysis) is 1. The third kappa shape index (κ3) is 5.30. The third-order valence-electron chi connectivity index (χ3n) is 4.17. The van der Waals surface area contributed by atoms with Crippen molar-refractivity contribution >= 4 is 17.6 Å². The molecule has 9 nitrogen and oxygen atoms in total. The second-order valence-electron chi connectivity index (χ2n) is 7.73. The van der Waals surface area contributed by atoms with Gasteiger partial charge in [0.1, 0.15) is 11.1 Å². The molecule has 0 fully saturated rings. The molecule has 1 amide bonds. The average Bonchev–Trinajstić information content (AvgIpc) is 3.14. The Balaban J connectivity index is 1.93. The van der Waals surface area contributed by atoms with Gasteiger partial charge in [-0.05, 0) is 45.4 Å². The number of nitrogens with zero attached hydrogens (tertiary/aromatic N) is 3. The summed E-state index contributed by atoms with van der Waals surface area (Å²) < 4.78 is 17.3. The molecular weight excluding hydrogens is 400 g/mol. The first kappa shape index (κ1) is 22.1. The number of carbonyl (C=O) groups is 2. The number of methoxy groups -OCH3 is 1. The van der Waals surface area contributed by atoms with Crippen LogP contribution in [0.3, 0.4) is 0 Å². The van der Waals surface area contributed by atoms with Gasteiger partial charge in [-0.1, -0.05) is 18.2 Å². The summed E-state index contributed by atoms with van der Waals surface area (Å²) in [7, 11) is 1.52. The predicted molar refractivity (Wildman–Crippen MR) is 114 cm³/mol. The lowest BCUT2D eigenvalue weighted by atomic mass is 10.1. The monoisotopic (exact) mass is 426 g/mol. The van der Waals surface area contributed by atoms with Crippen LogP contribution in [0.15, 0.2) is 36.4 Å². The van der Waals surface area contributed by atoms with E-state index < -0.39 is 17.7 Å². The van der Waals surface area contributed by atoms with Crippen molar-refractivity contribution in [2.45, 2.75) is 39.8 Å². The molecule has 0 saturated carbocycles. The van der Waals surface area contributed by atoms with Gasteiger partial charge in [-0.3, -0.25) is 0 Å². The van der Waals surface area contributed by atoms with Gasteiger partial charge in [0.15, 0.2) is 11.5 Å². The first-order chi connectivity index (χ1) is 14.7. The van der Waals surface area contributed by atoms with Crippen LogP contribution in [-0.4, -0.2) is 46.0 Å². The van der Waals surface area contributed by atoms with E-state index in [4.69, 9.17) is 14.2 Å². The summed E-state index contributed by atoms with van der Waals surface area (Å²) in [6, 6.07) is 10.8. The molecule has 0 aliphatic rings. The molecule has 3 aromatic rings. The first-order valence-corrected chi connectivity index (χ1v) is 9.89. The number of hydrogen-bond acceptors (Lipinski definition) is 7. The van der Waals surface area contributed by atoms with Gasteiger partial charge < -0.3 is 19.5 Å². The zero-order chi connectivity index (χ0) is 22.6. The maximum absolute atomic E-state index is 12.5. The minimum absolute atomic E-state index is 0.146. The highest BCUT2D eigenvalue weighted by molar-refractivity contribution is 5.95. The number of nitrogens with one attached hydrogen (secondary N) is 1. The molecule has 2 aromatic heterocycles. The fourth-order valence-electron chi connectivity index (χ4n) is 2.91. The average molecular weight is 426 g/mol. The molecule has 2 heterocycles. The van der Waals surface area contributed by atoms with E-state index in [9.17, 15) is 9.59 Å². The fourth-order valence-corrected chi connectivity index (χ4v) is 2.91. The summed E-state index contributed by atoms with van der Waals surface area (Å²) >= 11 is 0. The van der Waals surface area contributed by atoms with E-state index >= 15 is 0 Å². The van der Waals surface area contributed by atoms with Crippen LogP contribution in [0.4, 0.5) is 4.79 Å². The second kappa shape index (κ2) is 9.03. The number of aromatic nitrogens is 3. The molecule has 0 saturated heterocycles. The topological polar surface area (TPSA) is 104 Å². The summed E-state index contributed by atoms with van der Waals surface area (Å²) in [6.07, 6.45) is -0.503. The highest BCUT2D eigenvalue weighted by Gasteiger charge is 2.20. The molecule has 0 spiro atoms. The molecule has 0 aliphatic heterocycles. The van der Waals surface area contributed by atoms with Gasteiger partial charge in [0, 0.05) is 18.2 Å². The van der Waals surface area contributed by atoms with Crippen molar-refractivity contribution in [3.8, 4) is 17.3 Å². The molecule has 0 radical (unpaired) electrons. The standard InChI is InChI=1S/C22H26N4O5/c1-6-30-20(27)18-16-10-11-17(29-5)26(16)25-19(24-18)15-9-7-8-14(12-15)13-23-21(28)31-22(2,3)4/h7-12H,6,13H2,1-5H3,(H,23,28). The van der Waals surface area contributed by atoms with Crippen molar-refractivity contribution < 1.29 is 23.8 Å². The van der Waals surface area contributed by atoms with Gasteiger partial charge >= 0.3 is 12.1 Å². The van der Waals surface area contributed by atoms with Crippen molar-refractivity contribution in [1.82, 2.24) is 19.9 Å². The highest BCUT2D eigenvalue weighted by Crippen LogP contribution is 2.23. The molecule has 0 aliphatic carbocycles. The number of fused-ring (bicyclic) bond motifs is 1. The van der Waals surface area contributed by atoms with E-state index in [1.54, 1.807) is 39.8 Å². The van der Waals surface area contributed by atoms with E-state index in [1.165, 1.54) is 11.6 Å². The van der Waals surface area contributed by atoms with Crippen molar-refractivity contribution in [2.75, 3.05) is 13.7 Å². The minimum Gasteiger partial charge on any atom is -0.481 e. The zero-order valence-electron chi connectivity index (χ0n) is 18.3. The van der Waals surface area contributed by atoms with E-state index in [1.807, 2.05) is 24.3 Å². The number of ether oxygens (including phenoxy) is 3. The summed E-state index contributed by atoms with van der Waals surface area (Å²) in [5.41, 5.74) is 1.55. The van der Waals surface area contributed by atoms with Gasteiger partial charge in [-0.2, -0.15) is 4.52 Å². The lowest BCUT2D eigenvalue weighted by Crippen LogP contribution is -2.32. The van der Waals surface area contributed by atoms with Gasteiger partial charge in [-0.15, -0.1) is 5.10 Å². The number of hydrogen-bond donors (Lipinski definition) is 1. The Bertz CT molecular complexity index is 1100. The van der Waals surface area contributed by atoms with Gasteiger partial charge in [0.05, 0.1) is 13.7 Å². The zero-order valence-corrected chi connectivity index (χ0v) is 18.3. The molecule has 0 bridgehead atoms. The second-order valence-corrected chi connectivity index (χ2v) is 7.73. The van der Waals surface area contributed by atoms with Crippen molar-refractivity contribution in [3.05, 3.63) is 47.7 Å². The smallest absolute Gasteiger partial charge is 0.407 e. The Labute approximate surface area is 180 Å². The predicted octanol–water partition coefficient (Wildman–Crippen LogP) is 3.61. The quantitative estimate of drug-likeness (QED) is 0.601. The summed E-state index contributed by atoms with van der Waals surface area (Å²) in [4.78, 5) is 28.8. The molecule has 3 rings (SSSR count). The van der Waals surface area contributed by atoms with Crippen molar-refractivity contribution in [3.63, 3.8) is 0 Å². The van der Waals surface area contributed by atoms with Crippen LogP contribution in [0.2, 0.25) is 0 Å². The third-order valence-corrected chi connectivity index (χ3v) is 4.17. The van der Waals surface area contributed by atoms with Crippen molar-refractivity contribution in [1.29, 1.82) is 0 Å². The van der Waals surface area contributed by atoms with E-state index in [0.29, 0.717) is 22.8 Å². The number of esters is 1. The Kier molecular flexibility index (Phi) is 6.43. The Morgan fingerprint density at radius 2 is 1.94 bits per heavy atom. The van der Waals surface area contributed by atoms with Gasteiger partial charge in [0.25, 0.3) is 0 Å². The van der Waals surface area contributed by atoms with E-state index in [0.717, 1.165) is 5.56 Å². The van der Waals surface area contributed by atoms with Crippen LogP contribution in [0.1, 0.15) is 43.7 Å². The summed E-state index contributed by atoms with van der Waals surface area (Å²) in [5, 5.41) is 7.25. The SMILES string of the molecule is CCOC(=O)c1nc(-c2cccc(CNC(=O)OC(C)(C)C)c2)nn2c(OC)ccc12. The maximum Gasteiger partial charge on any atom is 0.407 e. The highest BCUT2D eigenvalue weighted by atomic mass is 16.6. The number of carbonyl (C=O) groups excluding carboxylic acids is 2. The van der Waals surface area contributed by atoms with Crippen LogP contribution in [0, 0.1) is 0 Å². The molecule has 31 heavy (non-hydrogen) atoms. The Hall–Kier alpha value is -3.62. The van der Waals surface area contributed by atoms with Crippen LogP contribution >= 0.6 is 0 Å². The van der Waals surface area contributed by atoms with Crippen LogP contribution in [0.5, 0.6) is 5.88 Å². The molecule has 1 N–H and O–H groups in total. The van der Waals surface area contributed by atoms with Crippen LogP contribution in [-0.2, 0) is 16.0 Å². The number of amides is 1. The lowest BCUT2D eigenvalue weighted by molar-refractivity contribution is 0.0512. The first-order valence-electron chi connectivity index (χ1n) is 9.89. The minimum atomic E-state index is -0.575. The molecule has 1 aromatic carbocycles. The Morgan fingerprint density at radius 1 is 1.16 bits per heavy atom. The lowest BCUT2D eigenvalue weighted by Gasteiger charge is -2.19. The fraction of sp³-hybridized carbons (Fsp3) is 0.364. The number of rotatable bonds is 6. The van der Waals surface area contributed by atoms with Crippen LogP contribution < -0.4 is 10.1 Å². The summed E-state index contributed by atoms with van der Waals surface area (Å²) in [6.45, 7) is 7.64. The molecular formula is C22H26N4O5. The summed E-state index contributed by atoms with van der Waals surface area (Å²) in [5.74, 6) is 0.246. The Morgan fingerprint density at radius 3 is 2.61 bits per heavy atom. The molecule has 9 heteroatoms. The van der Waals surface area contributed by atoms with Crippen molar-refractivity contribution in [2.24, 2.45) is 0 Å². The number of benzene rings is 1. The maximum atomic E-state index is 12.5. The largest absolute Gasteiger partial charge is 0.481 e.